The summed E-state index contributed by atoms with van der Waals surface area (Å²) in [6.45, 7) is 1.36. The number of anilines is 1. The van der Waals surface area contributed by atoms with E-state index in [1.807, 2.05) is 0 Å². The number of phenolic OH excluding ortho intramolecular Hbond substituents is 1. The number of rotatable bonds is 7. The Bertz CT molecular complexity index is 863. The minimum Gasteiger partial charge on any atom is -0.507 e. The molecule has 0 saturated heterocycles. The average Bonchev–Trinajstić information content (AvgIpc) is 2.66. The van der Waals surface area contributed by atoms with Crippen molar-refractivity contribution in [1.82, 2.24) is 0 Å². The molecule has 0 heterocycles. The number of allylic oxidation sites excluding steroid dienone is 1. The largest absolute Gasteiger partial charge is 0.507 e. The van der Waals surface area contributed by atoms with Gasteiger partial charge in [0.25, 0.3) is 0 Å². The first-order chi connectivity index (χ1) is 12.9. The monoisotopic (exact) mass is 371 g/mol. The number of methoxy groups -OCH3 is 3. The molecule has 142 valence electrons. The molecule has 7 nitrogen and oxygen atoms in total. The van der Waals surface area contributed by atoms with Gasteiger partial charge in [-0.3, -0.25) is 9.59 Å². The second kappa shape index (κ2) is 8.75. The topological polar surface area (TPSA) is 94.1 Å². The maximum Gasteiger partial charge on any atom is 0.221 e. The number of hydrogen-bond donors (Lipinski definition) is 2. The van der Waals surface area contributed by atoms with Crippen LogP contribution in [0.5, 0.6) is 23.0 Å². The average molecular weight is 371 g/mol. The second-order valence-electron chi connectivity index (χ2n) is 5.57. The van der Waals surface area contributed by atoms with E-state index in [9.17, 15) is 14.7 Å². The van der Waals surface area contributed by atoms with Gasteiger partial charge in [0.2, 0.25) is 11.7 Å². The van der Waals surface area contributed by atoms with Crippen molar-refractivity contribution in [1.29, 1.82) is 0 Å². The molecule has 0 aliphatic heterocycles. The number of carbonyl (C=O) groups excluding carboxylic acids is 2. The third-order valence-electron chi connectivity index (χ3n) is 3.70. The fourth-order valence-corrected chi connectivity index (χ4v) is 2.47. The molecule has 27 heavy (non-hydrogen) atoms. The lowest BCUT2D eigenvalue weighted by Gasteiger charge is -2.12. The van der Waals surface area contributed by atoms with Gasteiger partial charge >= 0.3 is 0 Å². The molecule has 0 aliphatic rings. The van der Waals surface area contributed by atoms with E-state index in [0.717, 1.165) is 0 Å². The molecule has 1 amide bonds. The zero-order valence-electron chi connectivity index (χ0n) is 15.5. The summed E-state index contributed by atoms with van der Waals surface area (Å²) in [6, 6.07) is 7.66. The number of carbonyl (C=O) groups is 2. The van der Waals surface area contributed by atoms with Gasteiger partial charge in [-0.25, -0.2) is 0 Å². The molecule has 0 aliphatic carbocycles. The lowest BCUT2D eigenvalue weighted by atomic mass is 10.1. The van der Waals surface area contributed by atoms with E-state index in [1.54, 1.807) is 18.2 Å². The van der Waals surface area contributed by atoms with Gasteiger partial charge in [0.1, 0.15) is 5.75 Å². The molecule has 2 rings (SSSR count). The highest BCUT2D eigenvalue weighted by atomic mass is 16.5. The fraction of sp³-hybridized carbons (Fsp3) is 0.200. The number of hydrogen-bond acceptors (Lipinski definition) is 6. The predicted molar refractivity (Wildman–Crippen MR) is 102 cm³/mol. The fourth-order valence-electron chi connectivity index (χ4n) is 2.47. The second-order valence-corrected chi connectivity index (χ2v) is 5.57. The molecule has 2 N–H and O–H groups in total. The van der Waals surface area contributed by atoms with E-state index in [2.05, 4.69) is 5.32 Å². The summed E-state index contributed by atoms with van der Waals surface area (Å²) in [4.78, 5) is 23.6. The van der Waals surface area contributed by atoms with Crippen molar-refractivity contribution in [2.45, 2.75) is 6.92 Å². The number of benzene rings is 2. The number of ketones is 1. The Balaban J connectivity index is 2.33. The van der Waals surface area contributed by atoms with Gasteiger partial charge in [0, 0.05) is 12.6 Å². The van der Waals surface area contributed by atoms with Gasteiger partial charge < -0.3 is 24.6 Å². The number of nitrogens with one attached hydrogen (secondary N) is 1. The van der Waals surface area contributed by atoms with Gasteiger partial charge in [0.05, 0.1) is 26.9 Å². The molecule has 0 atom stereocenters. The van der Waals surface area contributed by atoms with Crippen molar-refractivity contribution in [3.05, 3.63) is 47.5 Å². The number of ether oxygens (including phenoxy) is 3. The van der Waals surface area contributed by atoms with Gasteiger partial charge in [-0.1, -0.05) is 6.08 Å². The van der Waals surface area contributed by atoms with Crippen molar-refractivity contribution in [2.75, 3.05) is 26.6 Å². The molecule has 0 spiro atoms. The first kappa shape index (κ1) is 19.8. The van der Waals surface area contributed by atoms with Crippen LogP contribution >= 0.6 is 0 Å². The molecular weight excluding hydrogens is 350 g/mol. The van der Waals surface area contributed by atoms with Crippen molar-refractivity contribution in [3.63, 3.8) is 0 Å². The van der Waals surface area contributed by atoms with E-state index < -0.39 is 5.78 Å². The van der Waals surface area contributed by atoms with E-state index >= 15 is 0 Å². The quantitative estimate of drug-likeness (QED) is 0.441. The standard InChI is InChI=1S/C20H21NO6/c1-12(22)21-14-6-8-17(24)15(11-14)16(23)7-5-13-9-18(25-2)20(27-4)19(10-13)26-3/h5-11,24H,1-4H3,(H,21,22)/b7-5+. The lowest BCUT2D eigenvalue weighted by Crippen LogP contribution is -2.06. The Morgan fingerprint density at radius 1 is 1.00 bits per heavy atom. The van der Waals surface area contributed by atoms with Crippen LogP contribution in [-0.4, -0.2) is 38.1 Å². The summed E-state index contributed by atoms with van der Waals surface area (Å²) in [7, 11) is 4.51. The highest BCUT2D eigenvalue weighted by molar-refractivity contribution is 6.09. The molecule has 0 bridgehead atoms. The van der Waals surface area contributed by atoms with Crippen LogP contribution in [0.25, 0.3) is 6.08 Å². The van der Waals surface area contributed by atoms with E-state index in [0.29, 0.717) is 28.5 Å². The van der Waals surface area contributed by atoms with Crippen LogP contribution < -0.4 is 19.5 Å². The van der Waals surface area contributed by atoms with Crippen LogP contribution in [0.2, 0.25) is 0 Å². The third kappa shape index (κ3) is 4.78. The Labute approximate surface area is 157 Å². The highest BCUT2D eigenvalue weighted by Gasteiger charge is 2.13. The molecule has 2 aromatic rings. The van der Waals surface area contributed by atoms with Crippen LogP contribution in [0.1, 0.15) is 22.8 Å². The zero-order chi connectivity index (χ0) is 20.0. The molecule has 0 radical (unpaired) electrons. The number of phenols is 1. The smallest absolute Gasteiger partial charge is 0.221 e. The first-order valence-corrected chi connectivity index (χ1v) is 8.02. The molecule has 7 heteroatoms. The van der Waals surface area contributed by atoms with Crippen LogP contribution in [0.4, 0.5) is 5.69 Å². The van der Waals surface area contributed by atoms with Gasteiger partial charge in [0.15, 0.2) is 17.3 Å². The Kier molecular flexibility index (Phi) is 6.43. The summed E-state index contributed by atoms with van der Waals surface area (Å²) in [5.41, 5.74) is 1.14. The van der Waals surface area contributed by atoms with Crippen LogP contribution in [-0.2, 0) is 4.79 Å². The van der Waals surface area contributed by atoms with Crippen LogP contribution in [0.3, 0.4) is 0 Å². The summed E-state index contributed by atoms with van der Waals surface area (Å²) in [6.07, 6.45) is 2.88. The summed E-state index contributed by atoms with van der Waals surface area (Å²) in [5, 5.41) is 12.5. The molecule has 2 aromatic carbocycles. The Morgan fingerprint density at radius 3 is 2.15 bits per heavy atom. The van der Waals surface area contributed by atoms with Gasteiger partial charge in [-0.15, -0.1) is 0 Å². The van der Waals surface area contributed by atoms with E-state index in [1.165, 1.54) is 52.5 Å². The van der Waals surface area contributed by atoms with Crippen molar-refractivity contribution < 1.29 is 28.9 Å². The van der Waals surface area contributed by atoms with Crippen LogP contribution in [0.15, 0.2) is 36.4 Å². The highest BCUT2D eigenvalue weighted by Crippen LogP contribution is 2.38. The summed E-state index contributed by atoms with van der Waals surface area (Å²) in [5.74, 6) is 0.493. The van der Waals surface area contributed by atoms with Crippen molar-refractivity contribution >= 4 is 23.5 Å². The Morgan fingerprint density at radius 2 is 1.63 bits per heavy atom. The minimum absolute atomic E-state index is 0.0740. The maximum absolute atomic E-state index is 12.5. The number of aromatic hydroxyl groups is 1. The third-order valence-corrected chi connectivity index (χ3v) is 3.70. The first-order valence-electron chi connectivity index (χ1n) is 8.02. The summed E-state index contributed by atoms with van der Waals surface area (Å²) < 4.78 is 15.8. The maximum atomic E-state index is 12.5. The predicted octanol–water partition coefficient (Wildman–Crippen LogP) is 3.27. The number of amides is 1. The van der Waals surface area contributed by atoms with Crippen LogP contribution in [0, 0.1) is 0 Å². The zero-order valence-corrected chi connectivity index (χ0v) is 15.5. The van der Waals surface area contributed by atoms with Gasteiger partial charge in [-0.2, -0.15) is 0 Å². The molecule has 0 saturated carbocycles. The molecule has 0 unspecified atom stereocenters. The van der Waals surface area contributed by atoms with E-state index in [-0.39, 0.29) is 17.2 Å². The molecule has 0 fully saturated rings. The SMILES string of the molecule is COc1cc(/C=C/C(=O)c2cc(NC(C)=O)ccc2O)cc(OC)c1OC. The van der Waals surface area contributed by atoms with Crippen molar-refractivity contribution in [2.24, 2.45) is 0 Å². The molecule has 0 aromatic heterocycles. The van der Waals surface area contributed by atoms with Gasteiger partial charge in [-0.05, 0) is 42.0 Å². The van der Waals surface area contributed by atoms with E-state index in [4.69, 9.17) is 14.2 Å². The molecular formula is C20H21NO6. The minimum atomic E-state index is -0.423. The normalized spacial score (nSPS) is 10.5. The summed E-state index contributed by atoms with van der Waals surface area (Å²) >= 11 is 0. The lowest BCUT2D eigenvalue weighted by molar-refractivity contribution is -0.114. The van der Waals surface area contributed by atoms with Crippen molar-refractivity contribution in [3.8, 4) is 23.0 Å². The Hall–Kier alpha value is -3.48.